The van der Waals surface area contributed by atoms with Crippen molar-refractivity contribution in [2.24, 2.45) is 5.92 Å². The number of rotatable bonds is 3. The van der Waals surface area contributed by atoms with Crippen LogP contribution in [-0.2, 0) is 0 Å². The topological polar surface area (TPSA) is 29.5 Å². The first kappa shape index (κ1) is 12.4. The Labute approximate surface area is 104 Å². The zero-order valence-corrected chi connectivity index (χ0v) is 10.7. The van der Waals surface area contributed by atoms with Crippen LogP contribution in [0.5, 0.6) is 5.75 Å². The van der Waals surface area contributed by atoms with E-state index in [4.69, 9.17) is 4.74 Å². The number of aliphatic hydroxyl groups excluding tert-OH is 1. The second kappa shape index (κ2) is 5.54. The van der Waals surface area contributed by atoms with Gasteiger partial charge in [-0.3, -0.25) is 0 Å². The van der Waals surface area contributed by atoms with Crippen molar-refractivity contribution in [2.75, 3.05) is 0 Å². The molecule has 1 fully saturated rings. The summed E-state index contributed by atoms with van der Waals surface area (Å²) in [6, 6.07) is 7.80. The molecule has 1 saturated carbocycles. The Balaban J connectivity index is 1.96. The normalized spacial score (nSPS) is 26.5. The van der Waals surface area contributed by atoms with Crippen LogP contribution in [-0.4, -0.2) is 11.2 Å². The molecule has 17 heavy (non-hydrogen) atoms. The van der Waals surface area contributed by atoms with E-state index in [1.807, 2.05) is 24.3 Å². The lowest BCUT2D eigenvalue weighted by Gasteiger charge is -2.27. The van der Waals surface area contributed by atoms with Gasteiger partial charge in [0.15, 0.2) is 0 Å². The van der Waals surface area contributed by atoms with E-state index in [9.17, 15) is 5.11 Å². The minimum Gasteiger partial charge on any atom is -0.490 e. The fourth-order valence-corrected chi connectivity index (χ4v) is 2.39. The van der Waals surface area contributed by atoms with Gasteiger partial charge in [0, 0.05) is 0 Å². The van der Waals surface area contributed by atoms with Gasteiger partial charge < -0.3 is 9.84 Å². The molecule has 2 nitrogen and oxygen atoms in total. The van der Waals surface area contributed by atoms with Gasteiger partial charge in [-0.25, -0.2) is 0 Å². The van der Waals surface area contributed by atoms with Gasteiger partial charge in [0.2, 0.25) is 0 Å². The maximum absolute atomic E-state index is 9.53. The van der Waals surface area contributed by atoms with Crippen molar-refractivity contribution in [1.82, 2.24) is 0 Å². The summed E-state index contributed by atoms with van der Waals surface area (Å²) in [6.45, 7) is 4.09. The molecular weight excluding hydrogens is 212 g/mol. The lowest BCUT2D eigenvalue weighted by molar-refractivity contribution is 0.134. The van der Waals surface area contributed by atoms with Gasteiger partial charge in [-0.05, 0) is 56.2 Å². The van der Waals surface area contributed by atoms with Crippen molar-refractivity contribution in [2.45, 2.75) is 51.7 Å². The van der Waals surface area contributed by atoms with Crippen LogP contribution in [0.3, 0.4) is 0 Å². The molecule has 2 rings (SSSR count). The minimum atomic E-state index is -0.426. The van der Waals surface area contributed by atoms with Crippen molar-refractivity contribution in [1.29, 1.82) is 0 Å². The smallest absolute Gasteiger partial charge is 0.120 e. The molecule has 1 aromatic carbocycles. The average Bonchev–Trinajstić information content (AvgIpc) is 2.32. The maximum atomic E-state index is 9.53. The number of aliphatic hydroxyl groups is 1. The van der Waals surface area contributed by atoms with Gasteiger partial charge in [-0.15, -0.1) is 0 Å². The SMILES string of the molecule is CC1CCC(Oc2cccc([C@@H](C)O)c2)CC1. The molecule has 1 aromatic rings. The Morgan fingerprint density at radius 1 is 1.24 bits per heavy atom. The molecule has 1 atom stereocenters. The zero-order valence-electron chi connectivity index (χ0n) is 10.7. The molecule has 0 aliphatic heterocycles. The van der Waals surface area contributed by atoms with Gasteiger partial charge >= 0.3 is 0 Å². The predicted molar refractivity (Wildman–Crippen MR) is 69.1 cm³/mol. The second-order valence-corrected chi connectivity index (χ2v) is 5.25. The van der Waals surface area contributed by atoms with Gasteiger partial charge in [0.25, 0.3) is 0 Å². The summed E-state index contributed by atoms with van der Waals surface area (Å²) in [4.78, 5) is 0. The standard InChI is InChI=1S/C15H22O2/c1-11-6-8-14(9-7-11)17-15-5-3-4-13(10-15)12(2)16/h3-5,10-12,14,16H,6-9H2,1-2H3/t11?,12-,14?/m1/s1. The van der Waals surface area contributed by atoms with Crippen LogP contribution in [0, 0.1) is 5.92 Å². The Morgan fingerprint density at radius 3 is 2.59 bits per heavy atom. The summed E-state index contributed by atoms with van der Waals surface area (Å²) < 4.78 is 5.98. The molecule has 1 aliphatic rings. The Kier molecular flexibility index (Phi) is 4.06. The van der Waals surface area contributed by atoms with Crippen molar-refractivity contribution >= 4 is 0 Å². The number of hydrogen-bond acceptors (Lipinski definition) is 2. The highest BCUT2D eigenvalue weighted by molar-refractivity contribution is 5.29. The molecule has 0 heterocycles. The van der Waals surface area contributed by atoms with E-state index < -0.39 is 6.10 Å². The molecule has 2 heteroatoms. The quantitative estimate of drug-likeness (QED) is 0.864. The first-order chi connectivity index (χ1) is 8.15. The third-order valence-electron chi connectivity index (χ3n) is 3.61. The maximum Gasteiger partial charge on any atom is 0.120 e. The summed E-state index contributed by atoms with van der Waals surface area (Å²) >= 11 is 0. The second-order valence-electron chi connectivity index (χ2n) is 5.25. The van der Waals surface area contributed by atoms with Crippen molar-refractivity contribution in [3.63, 3.8) is 0 Å². The highest BCUT2D eigenvalue weighted by Gasteiger charge is 2.19. The summed E-state index contributed by atoms with van der Waals surface area (Å²) in [5.41, 5.74) is 0.923. The van der Waals surface area contributed by atoms with Gasteiger partial charge in [0.1, 0.15) is 5.75 Å². The third-order valence-corrected chi connectivity index (χ3v) is 3.61. The molecule has 0 saturated heterocycles. The average molecular weight is 234 g/mol. The van der Waals surface area contributed by atoms with Crippen molar-refractivity contribution < 1.29 is 9.84 Å². The number of benzene rings is 1. The fourth-order valence-electron chi connectivity index (χ4n) is 2.39. The Hall–Kier alpha value is -1.02. The number of hydrogen-bond donors (Lipinski definition) is 1. The Bertz CT molecular complexity index is 352. The molecule has 0 radical (unpaired) electrons. The molecule has 0 bridgehead atoms. The number of ether oxygens (including phenoxy) is 1. The van der Waals surface area contributed by atoms with Crippen LogP contribution < -0.4 is 4.74 Å². The van der Waals surface area contributed by atoms with Gasteiger partial charge in [0.05, 0.1) is 12.2 Å². The van der Waals surface area contributed by atoms with E-state index >= 15 is 0 Å². The molecular formula is C15H22O2. The van der Waals surface area contributed by atoms with Crippen LogP contribution in [0.15, 0.2) is 24.3 Å². The van der Waals surface area contributed by atoms with Gasteiger partial charge in [-0.2, -0.15) is 0 Å². The first-order valence-electron chi connectivity index (χ1n) is 6.60. The van der Waals surface area contributed by atoms with E-state index in [0.29, 0.717) is 6.10 Å². The molecule has 0 unspecified atom stereocenters. The first-order valence-corrected chi connectivity index (χ1v) is 6.60. The van der Waals surface area contributed by atoms with Crippen molar-refractivity contribution in [3.05, 3.63) is 29.8 Å². The molecule has 0 amide bonds. The van der Waals surface area contributed by atoms with Crippen molar-refractivity contribution in [3.8, 4) is 5.75 Å². The monoisotopic (exact) mass is 234 g/mol. The van der Waals surface area contributed by atoms with Crippen LogP contribution in [0.4, 0.5) is 0 Å². The highest BCUT2D eigenvalue weighted by atomic mass is 16.5. The van der Waals surface area contributed by atoms with E-state index in [1.165, 1.54) is 12.8 Å². The van der Waals surface area contributed by atoms with Crippen LogP contribution >= 0.6 is 0 Å². The summed E-state index contributed by atoms with van der Waals surface area (Å²) in [5.74, 6) is 1.74. The lowest BCUT2D eigenvalue weighted by Crippen LogP contribution is -2.23. The minimum absolute atomic E-state index is 0.357. The summed E-state index contributed by atoms with van der Waals surface area (Å²) in [5, 5.41) is 9.53. The van der Waals surface area contributed by atoms with Gasteiger partial charge in [-0.1, -0.05) is 19.1 Å². The largest absolute Gasteiger partial charge is 0.490 e. The van der Waals surface area contributed by atoms with E-state index in [-0.39, 0.29) is 0 Å². The van der Waals surface area contributed by atoms with E-state index in [0.717, 1.165) is 30.1 Å². The summed E-state index contributed by atoms with van der Waals surface area (Å²) in [6.07, 6.45) is 4.77. The van der Waals surface area contributed by atoms with Crippen LogP contribution in [0.1, 0.15) is 51.2 Å². The highest BCUT2D eigenvalue weighted by Crippen LogP contribution is 2.28. The third kappa shape index (κ3) is 3.47. The zero-order chi connectivity index (χ0) is 12.3. The summed E-state index contributed by atoms with van der Waals surface area (Å²) in [7, 11) is 0. The van der Waals surface area contributed by atoms with E-state index in [1.54, 1.807) is 6.92 Å². The molecule has 0 spiro atoms. The Morgan fingerprint density at radius 2 is 1.94 bits per heavy atom. The predicted octanol–water partition coefficient (Wildman–Crippen LogP) is 3.70. The molecule has 1 aliphatic carbocycles. The van der Waals surface area contributed by atoms with Crippen LogP contribution in [0.25, 0.3) is 0 Å². The van der Waals surface area contributed by atoms with E-state index in [2.05, 4.69) is 6.92 Å². The lowest BCUT2D eigenvalue weighted by atomic mass is 9.89. The van der Waals surface area contributed by atoms with Crippen LogP contribution in [0.2, 0.25) is 0 Å². The molecule has 0 aromatic heterocycles. The fraction of sp³-hybridized carbons (Fsp3) is 0.600. The molecule has 94 valence electrons. The molecule has 1 N–H and O–H groups in total.